The van der Waals surface area contributed by atoms with Crippen LogP contribution in [-0.4, -0.2) is 15.5 Å². The normalized spacial score (nSPS) is 12.1. The van der Waals surface area contributed by atoms with Gasteiger partial charge in [-0.05, 0) is 55.3 Å². The number of nitrogens with zero attached hydrogens (tertiary/aromatic N) is 2. The van der Waals surface area contributed by atoms with Crippen molar-refractivity contribution in [3.05, 3.63) is 102 Å². The highest BCUT2D eigenvalue weighted by atomic mass is 19.1. The number of rotatable bonds is 6. The van der Waals surface area contributed by atoms with Crippen LogP contribution in [-0.2, 0) is 13.0 Å². The summed E-state index contributed by atoms with van der Waals surface area (Å²) in [7, 11) is 0. The summed E-state index contributed by atoms with van der Waals surface area (Å²) in [6.45, 7) is 2.81. The number of imidazole rings is 1. The number of hydrogen-bond acceptors (Lipinski definition) is 2. The molecular formula is C24H22FN3O. The summed E-state index contributed by atoms with van der Waals surface area (Å²) in [6, 6.07) is 23.2. The van der Waals surface area contributed by atoms with Crippen LogP contribution in [0.5, 0.6) is 0 Å². The summed E-state index contributed by atoms with van der Waals surface area (Å²) in [4.78, 5) is 17.7. The average Bonchev–Trinajstić information content (AvgIpc) is 3.13. The largest absolute Gasteiger partial charge is 0.342 e. The minimum Gasteiger partial charge on any atom is -0.342 e. The zero-order valence-corrected chi connectivity index (χ0v) is 16.2. The third-order valence-electron chi connectivity index (χ3n) is 5.01. The number of hydrogen-bond donors (Lipinski definition) is 1. The zero-order valence-electron chi connectivity index (χ0n) is 16.2. The van der Waals surface area contributed by atoms with Crippen molar-refractivity contribution in [2.75, 3.05) is 0 Å². The van der Waals surface area contributed by atoms with Crippen LogP contribution in [0.1, 0.15) is 34.7 Å². The Balaban J connectivity index is 1.72. The molecule has 29 heavy (non-hydrogen) atoms. The predicted octanol–water partition coefficient (Wildman–Crippen LogP) is 4.91. The summed E-state index contributed by atoms with van der Waals surface area (Å²) in [5, 5.41) is 3.11. The van der Waals surface area contributed by atoms with E-state index >= 15 is 0 Å². The molecule has 0 bridgehead atoms. The van der Waals surface area contributed by atoms with Gasteiger partial charge in [0.05, 0.1) is 17.1 Å². The lowest BCUT2D eigenvalue weighted by atomic mass is 10.0. The molecule has 1 unspecified atom stereocenters. The number of benzene rings is 3. The van der Waals surface area contributed by atoms with Crippen LogP contribution in [0.4, 0.5) is 4.39 Å². The summed E-state index contributed by atoms with van der Waals surface area (Å²) in [6.07, 6.45) is 0.608. The Labute approximate surface area is 169 Å². The first-order valence-corrected chi connectivity index (χ1v) is 9.71. The summed E-state index contributed by atoms with van der Waals surface area (Å²) in [5.41, 5.74) is 3.47. The topological polar surface area (TPSA) is 46.9 Å². The van der Waals surface area contributed by atoms with Gasteiger partial charge in [-0.1, -0.05) is 42.5 Å². The summed E-state index contributed by atoms with van der Waals surface area (Å²) < 4.78 is 15.4. The number of para-hydroxylation sites is 2. The molecule has 1 aromatic heterocycles. The van der Waals surface area contributed by atoms with Crippen LogP contribution >= 0.6 is 0 Å². The lowest BCUT2D eigenvalue weighted by Gasteiger charge is -2.20. The number of carbonyl (C=O) groups excluding carboxylic acids is 1. The number of aryl methyl sites for hydroxylation is 1. The molecule has 0 aliphatic rings. The van der Waals surface area contributed by atoms with Crippen molar-refractivity contribution in [3.63, 3.8) is 0 Å². The predicted molar refractivity (Wildman–Crippen MR) is 112 cm³/mol. The number of fused-ring (bicyclic) bond motifs is 1. The minimum atomic E-state index is -0.366. The number of aromatic nitrogens is 2. The van der Waals surface area contributed by atoms with E-state index in [9.17, 15) is 9.18 Å². The Morgan fingerprint density at radius 3 is 2.41 bits per heavy atom. The highest BCUT2D eigenvalue weighted by Crippen LogP contribution is 2.24. The molecule has 146 valence electrons. The van der Waals surface area contributed by atoms with E-state index in [1.165, 1.54) is 24.3 Å². The lowest BCUT2D eigenvalue weighted by molar-refractivity contribution is 0.0934. The molecule has 0 aliphatic heterocycles. The molecule has 0 aliphatic carbocycles. The van der Waals surface area contributed by atoms with Crippen molar-refractivity contribution >= 4 is 16.9 Å². The molecule has 0 fully saturated rings. The van der Waals surface area contributed by atoms with Gasteiger partial charge in [-0.2, -0.15) is 0 Å². The molecule has 1 N–H and O–H groups in total. The van der Waals surface area contributed by atoms with Gasteiger partial charge in [0.1, 0.15) is 11.6 Å². The quantitative estimate of drug-likeness (QED) is 0.511. The second-order valence-corrected chi connectivity index (χ2v) is 6.93. The van der Waals surface area contributed by atoms with Gasteiger partial charge >= 0.3 is 0 Å². The van der Waals surface area contributed by atoms with Crippen LogP contribution in [0.2, 0.25) is 0 Å². The third-order valence-corrected chi connectivity index (χ3v) is 5.01. The van der Waals surface area contributed by atoms with Gasteiger partial charge in [0, 0.05) is 12.1 Å². The van der Waals surface area contributed by atoms with E-state index in [0.717, 1.165) is 29.0 Å². The maximum Gasteiger partial charge on any atom is 0.251 e. The molecule has 4 aromatic rings. The van der Waals surface area contributed by atoms with Crippen molar-refractivity contribution in [1.82, 2.24) is 14.9 Å². The molecular weight excluding hydrogens is 365 g/mol. The van der Waals surface area contributed by atoms with Gasteiger partial charge in [-0.25, -0.2) is 9.37 Å². The van der Waals surface area contributed by atoms with Gasteiger partial charge in [-0.15, -0.1) is 0 Å². The highest BCUT2D eigenvalue weighted by Gasteiger charge is 2.22. The highest BCUT2D eigenvalue weighted by molar-refractivity contribution is 5.94. The molecule has 0 saturated heterocycles. The van der Waals surface area contributed by atoms with E-state index in [2.05, 4.69) is 16.8 Å². The van der Waals surface area contributed by atoms with E-state index in [-0.39, 0.29) is 17.8 Å². The van der Waals surface area contributed by atoms with Crippen molar-refractivity contribution in [2.24, 2.45) is 0 Å². The number of amides is 1. The van der Waals surface area contributed by atoms with E-state index < -0.39 is 0 Å². The first kappa shape index (κ1) is 18.9. The Kier molecular flexibility index (Phi) is 5.38. The molecule has 4 rings (SSSR count). The van der Waals surface area contributed by atoms with E-state index in [1.807, 2.05) is 54.6 Å². The van der Waals surface area contributed by atoms with Crippen molar-refractivity contribution < 1.29 is 9.18 Å². The van der Waals surface area contributed by atoms with Crippen LogP contribution in [0, 0.1) is 5.82 Å². The van der Waals surface area contributed by atoms with Crippen molar-refractivity contribution in [3.8, 4) is 0 Å². The molecule has 0 spiro atoms. The molecule has 5 heteroatoms. The first-order valence-electron chi connectivity index (χ1n) is 9.71. The molecule has 0 saturated carbocycles. The molecule has 0 radical (unpaired) electrons. The number of nitrogens with one attached hydrogen (secondary N) is 1. The van der Waals surface area contributed by atoms with E-state index in [0.29, 0.717) is 12.0 Å². The number of halogens is 1. The molecule has 4 nitrogen and oxygen atoms in total. The fourth-order valence-corrected chi connectivity index (χ4v) is 3.59. The van der Waals surface area contributed by atoms with Crippen molar-refractivity contribution in [1.29, 1.82) is 0 Å². The fraction of sp³-hybridized carbons (Fsp3) is 0.167. The maximum absolute atomic E-state index is 13.2. The van der Waals surface area contributed by atoms with Crippen LogP contribution in [0.3, 0.4) is 0 Å². The molecule has 1 amide bonds. The van der Waals surface area contributed by atoms with Gasteiger partial charge in [0.15, 0.2) is 0 Å². The fourth-order valence-electron chi connectivity index (χ4n) is 3.59. The van der Waals surface area contributed by atoms with Gasteiger partial charge in [0.25, 0.3) is 5.91 Å². The van der Waals surface area contributed by atoms with E-state index in [1.54, 1.807) is 0 Å². The second kappa shape index (κ2) is 8.27. The Hall–Kier alpha value is -3.47. The molecule has 3 aromatic carbocycles. The zero-order chi connectivity index (χ0) is 20.2. The van der Waals surface area contributed by atoms with E-state index in [4.69, 9.17) is 4.98 Å². The monoisotopic (exact) mass is 387 g/mol. The molecule has 1 heterocycles. The third kappa shape index (κ3) is 4.04. The van der Waals surface area contributed by atoms with Gasteiger partial charge in [0.2, 0.25) is 0 Å². The Bertz CT molecular complexity index is 1120. The first-order chi connectivity index (χ1) is 14.2. The second-order valence-electron chi connectivity index (χ2n) is 6.93. The van der Waals surface area contributed by atoms with Gasteiger partial charge in [-0.3, -0.25) is 4.79 Å². The Morgan fingerprint density at radius 2 is 1.69 bits per heavy atom. The summed E-state index contributed by atoms with van der Waals surface area (Å²) >= 11 is 0. The molecule has 1 atom stereocenters. The summed E-state index contributed by atoms with van der Waals surface area (Å²) in [5.74, 6) is 0.198. The standard InChI is InChI=1S/C24H22FN3O/c1-2-28-22-11-7-6-10-20(22)26-23(28)21(16-17-8-4-3-5-9-17)27-24(29)18-12-14-19(25)15-13-18/h3-15,21H,2,16H2,1H3,(H,27,29). The number of carbonyl (C=O) groups is 1. The Morgan fingerprint density at radius 1 is 1.00 bits per heavy atom. The van der Waals surface area contributed by atoms with Crippen molar-refractivity contribution in [2.45, 2.75) is 25.9 Å². The van der Waals surface area contributed by atoms with Gasteiger partial charge < -0.3 is 9.88 Å². The van der Waals surface area contributed by atoms with Crippen LogP contribution < -0.4 is 5.32 Å². The smallest absolute Gasteiger partial charge is 0.251 e. The average molecular weight is 387 g/mol. The SMILES string of the molecule is CCn1c(C(Cc2ccccc2)NC(=O)c2ccc(F)cc2)nc2ccccc21. The minimum absolute atomic E-state index is 0.249. The van der Waals surface area contributed by atoms with Crippen LogP contribution in [0.15, 0.2) is 78.9 Å². The maximum atomic E-state index is 13.2. The van der Waals surface area contributed by atoms with Crippen LogP contribution in [0.25, 0.3) is 11.0 Å². The lowest BCUT2D eigenvalue weighted by Crippen LogP contribution is -2.32.